The molecule has 3 N–H and O–H groups in total. The predicted octanol–water partition coefficient (Wildman–Crippen LogP) is 1.94. The van der Waals surface area contributed by atoms with Gasteiger partial charge in [0.15, 0.2) is 6.04 Å². The van der Waals surface area contributed by atoms with Gasteiger partial charge in [-0.15, -0.1) is 0 Å². The van der Waals surface area contributed by atoms with E-state index in [-0.39, 0.29) is 5.69 Å². The number of hydrogen-bond donors (Lipinski definition) is 3. The van der Waals surface area contributed by atoms with Gasteiger partial charge in [0.05, 0.1) is 12.0 Å². The molecule has 0 saturated heterocycles. The van der Waals surface area contributed by atoms with Gasteiger partial charge < -0.3 is 19.5 Å². The number of hydrogen-bond acceptors (Lipinski definition) is 8. The van der Waals surface area contributed by atoms with Crippen LogP contribution in [0.1, 0.15) is 27.7 Å². The van der Waals surface area contributed by atoms with Gasteiger partial charge in [0.1, 0.15) is 11.7 Å². The first-order valence-electron chi connectivity index (χ1n) is 8.35. The van der Waals surface area contributed by atoms with E-state index in [1.807, 2.05) is 0 Å². The van der Waals surface area contributed by atoms with E-state index in [4.69, 9.17) is 14.0 Å². The molecule has 0 aliphatic rings. The molecular weight excluding hydrogens is 408 g/mol. The van der Waals surface area contributed by atoms with Gasteiger partial charge in [0, 0.05) is 5.69 Å². The third kappa shape index (κ3) is 8.35. The van der Waals surface area contributed by atoms with Crippen LogP contribution in [0.15, 0.2) is 29.2 Å². The molecule has 0 saturated carbocycles. The minimum absolute atomic E-state index is 0.0204. The summed E-state index contributed by atoms with van der Waals surface area (Å²) in [7, 11) is -3.36. The fourth-order valence-corrected chi connectivity index (χ4v) is 2.57. The first-order chi connectivity index (χ1) is 13.2. The molecule has 29 heavy (non-hydrogen) atoms. The highest BCUT2D eigenvalue weighted by molar-refractivity contribution is 7.85. The lowest BCUT2D eigenvalue weighted by Crippen LogP contribution is -2.51. The Kier molecular flexibility index (Phi) is 7.97. The molecule has 0 aliphatic heterocycles. The van der Waals surface area contributed by atoms with Crippen molar-refractivity contribution in [3.63, 3.8) is 0 Å². The van der Waals surface area contributed by atoms with Crippen LogP contribution >= 0.6 is 0 Å². The normalized spacial score (nSPS) is 13.6. The van der Waals surface area contributed by atoms with E-state index in [9.17, 15) is 22.8 Å². The van der Waals surface area contributed by atoms with Crippen molar-refractivity contribution in [3.8, 4) is 0 Å². The molecule has 2 atom stereocenters. The maximum absolute atomic E-state index is 12.1. The van der Waals surface area contributed by atoms with Crippen LogP contribution in [0.3, 0.4) is 0 Å². The summed E-state index contributed by atoms with van der Waals surface area (Å²) >= 11 is 0. The van der Waals surface area contributed by atoms with Crippen molar-refractivity contribution in [2.45, 2.75) is 50.3 Å². The van der Waals surface area contributed by atoms with Gasteiger partial charge in [0.25, 0.3) is 10.1 Å². The van der Waals surface area contributed by atoms with Crippen molar-refractivity contribution in [1.82, 2.24) is 5.32 Å². The second-order valence-corrected chi connectivity index (χ2v) is 8.31. The number of ether oxygens (including phenoxy) is 3. The molecule has 1 aromatic rings. The number of esters is 1. The van der Waals surface area contributed by atoms with Gasteiger partial charge in [-0.2, -0.15) is 8.42 Å². The molecule has 0 spiro atoms. The van der Waals surface area contributed by atoms with Crippen LogP contribution in [0.4, 0.5) is 15.3 Å². The molecule has 0 unspecified atom stereocenters. The van der Waals surface area contributed by atoms with Gasteiger partial charge >= 0.3 is 18.2 Å². The highest BCUT2D eigenvalue weighted by Crippen LogP contribution is 2.16. The van der Waals surface area contributed by atoms with Gasteiger partial charge in [0.2, 0.25) is 0 Å². The van der Waals surface area contributed by atoms with Crippen molar-refractivity contribution in [1.29, 1.82) is 0 Å². The fraction of sp³-hybridized carbons (Fsp3) is 0.471. The lowest BCUT2D eigenvalue weighted by atomic mass is 10.2. The Morgan fingerprint density at radius 1 is 1.14 bits per heavy atom. The van der Waals surface area contributed by atoms with Crippen LogP contribution in [-0.2, 0) is 29.1 Å². The number of carbonyl (C=O) groups is 3. The number of alkyl carbamates (subject to hydrolysis) is 1. The Hall–Kier alpha value is -2.86. The quantitative estimate of drug-likeness (QED) is 0.347. The lowest BCUT2D eigenvalue weighted by molar-refractivity contribution is -0.145. The van der Waals surface area contributed by atoms with Crippen molar-refractivity contribution >= 4 is 34.0 Å². The fourth-order valence-electron chi connectivity index (χ4n) is 2.05. The van der Waals surface area contributed by atoms with E-state index < -0.39 is 50.9 Å². The molecule has 0 aromatic heterocycles. The lowest BCUT2D eigenvalue weighted by Gasteiger charge is -2.25. The summed E-state index contributed by atoms with van der Waals surface area (Å²) in [6.07, 6.45) is -3.12. The third-order valence-corrected chi connectivity index (χ3v) is 4.12. The van der Waals surface area contributed by atoms with Crippen LogP contribution in [-0.4, -0.2) is 56.0 Å². The van der Waals surface area contributed by atoms with Crippen molar-refractivity contribution in [2.24, 2.45) is 0 Å². The van der Waals surface area contributed by atoms with Gasteiger partial charge in [-0.3, -0.25) is 9.87 Å². The molecule has 11 nitrogen and oxygen atoms in total. The number of carbonyl (C=O) groups excluding carboxylic acids is 3. The summed E-state index contributed by atoms with van der Waals surface area (Å²) in [6.45, 7) is 6.24. The first kappa shape index (κ1) is 24.2. The second-order valence-electron chi connectivity index (χ2n) is 6.89. The van der Waals surface area contributed by atoms with E-state index in [0.717, 1.165) is 19.2 Å². The molecule has 0 aliphatic carbocycles. The van der Waals surface area contributed by atoms with Crippen molar-refractivity contribution in [2.75, 3.05) is 12.4 Å². The van der Waals surface area contributed by atoms with Crippen LogP contribution < -0.4 is 10.6 Å². The minimum Gasteiger partial charge on any atom is -0.467 e. The maximum atomic E-state index is 12.1. The zero-order chi connectivity index (χ0) is 22.4. The Morgan fingerprint density at radius 3 is 2.28 bits per heavy atom. The number of nitrogens with one attached hydrogen (secondary N) is 2. The Bertz CT molecular complexity index is 862. The van der Waals surface area contributed by atoms with E-state index >= 15 is 0 Å². The summed E-state index contributed by atoms with van der Waals surface area (Å²) in [4.78, 5) is 35.5. The molecule has 162 valence electrons. The zero-order valence-corrected chi connectivity index (χ0v) is 17.4. The molecule has 0 heterocycles. The molecule has 1 rings (SSSR count). The number of benzene rings is 1. The zero-order valence-electron chi connectivity index (χ0n) is 16.6. The average molecular weight is 432 g/mol. The monoisotopic (exact) mass is 432 g/mol. The molecule has 0 bridgehead atoms. The summed E-state index contributed by atoms with van der Waals surface area (Å²) in [6, 6.07) is 3.44. The SMILES string of the molecule is COC(=O)[C@@H](NC(=O)OC(C)(C)C)[C@H](C)OC(=O)Nc1cccc(S(=O)(=O)O)c1. The molecule has 12 heteroatoms. The Morgan fingerprint density at radius 2 is 1.76 bits per heavy atom. The molecule has 2 amide bonds. The van der Waals surface area contributed by atoms with Crippen molar-refractivity contribution in [3.05, 3.63) is 24.3 Å². The third-order valence-electron chi connectivity index (χ3n) is 3.27. The van der Waals surface area contributed by atoms with Crippen LogP contribution in [0.25, 0.3) is 0 Å². The maximum Gasteiger partial charge on any atom is 0.411 e. The van der Waals surface area contributed by atoms with Crippen molar-refractivity contribution < 1.29 is 41.6 Å². The second kappa shape index (κ2) is 9.56. The van der Waals surface area contributed by atoms with E-state index in [2.05, 4.69) is 15.4 Å². The molecule has 1 aromatic carbocycles. The highest BCUT2D eigenvalue weighted by atomic mass is 32.2. The average Bonchev–Trinajstić information content (AvgIpc) is 2.56. The number of anilines is 1. The minimum atomic E-state index is -4.46. The number of rotatable bonds is 6. The van der Waals surface area contributed by atoms with Gasteiger partial charge in [-0.05, 0) is 45.9 Å². The largest absolute Gasteiger partial charge is 0.467 e. The van der Waals surface area contributed by atoms with Crippen LogP contribution in [0.5, 0.6) is 0 Å². The van der Waals surface area contributed by atoms with E-state index in [1.54, 1.807) is 20.8 Å². The topological polar surface area (TPSA) is 157 Å². The molecule has 0 fully saturated rings. The summed E-state index contributed by atoms with van der Waals surface area (Å²) in [5.74, 6) is -0.871. The molecular formula is C17H24N2O9S. The predicted molar refractivity (Wildman–Crippen MR) is 101 cm³/mol. The summed E-state index contributed by atoms with van der Waals surface area (Å²) in [5.41, 5.74) is -0.795. The van der Waals surface area contributed by atoms with Gasteiger partial charge in [-0.1, -0.05) is 6.07 Å². The van der Waals surface area contributed by atoms with E-state index in [0.29, 0.717) is 0 Å². The Balaban J connectivity index is 2.83. The van der Waals surface area contributed by atoms with Gasteiger partial charge in [-0.25, -0.2) is 14.4 Å². The van der Waals surface area contributed by atoms with E-state index in [1.165, 1.54) is 19.1 Å². The number of methoxy groups -OCH3 is 1. The standard InChI is InChI=1S/C17H24N2O9S/c1-10(13(14(20)26-5)19-16(22)28-17(2,3)4)27-15(21)18-11-7-6-8-12(9-11)29(23,24)25/h6-10,13H,1-5H3,(H,18,21)(H,19,22)(H,23,24,25)/t10-,13-/m0/s1. The number of amides is 2. The smallest absolute Gasteiger partial charge is 0.411 e. The summed E-state index contributed by atoms with van der Waals surface area (Å²) in [5, 5.41) is 4.53. The highest BCUT2D eigenvalue weighted by Gasteiger charge is 2.32. The Labute approximate surface area is 168 Å². The van der Waals surface area contributed by atoms with Crippen LogP contribution in [0.2, 0.25) is 0 Å². The summed E-state index contributed by atoms with van der Waals surface area (Å²) < 4.78 is 46.1. The molecule has 0 radical (unpaired) electrons. The van der Waals surface area contributed by atoms with Crippen LogP contribution in [0, 0.1) is 0 Å². The first-order valence-corrected chi connectivity index (χ1v) is 9.79.